The van der Waals surface area contributed by atoms with Crippen molar-refractivity contribution in [3.8, 4) is 5.75 Å². The van der Waals surface area contributed by atoms with Crippen LogP contribution in [0.3, 0.4) is 0 Å². The van der Waals surface area contributed by atoms with Gasteiger partial charge in [-0.25, -0.2) is 13.4 Å². The lowest BCUT2D eigenvalue weighted by Crippen LogP contribution is -2.38. The zero-order chi connectivity index (χ0) is 18.7. The minimum absolute atomic E-state index is 0.0481. The number of halogens is 1. The molecule has 1 aromatic carbocycles. The normalized spacial score (nSPS) is 18.6. The van der Waals surface area contributed by atoms with Crippen LogP contribution in [0.25, 0.3) is 0 Å². The summed E-state index contributed by atoms with van der Waals surface area (Å²) in [7, 11) is -1.35. The maximum absolute atomic E-state index is 12.4. The summed E-state index contributed by atoms with van der Waals surface area (Å²) >= 11 is 7.26. The first-order chi connectivity index (χ1) is 12.3. The van der Waals surface area contributed by atoms with Gasteiger partial charge in [0.25, 0.3) is 0 Å². The van der Waals surface area contributed by atoms with Gasteiger partial charge in [-0.3, -0.25) is 4.79 Å². The van der Waals surface area contributed by atoms with E-state index in [0.717, 1.165) is 5.01 Å². The Morgan fingerprint density at radius 3 is 2.77 bits per heavy atom. The van der Waals surface area contributed by atoms with E-state index in [9.17, 15) is 13.2 Å². The first-order valence-corrected chi connectivity index (χ1v) is 11.2. The van der Waals surface area contributed by atoms with Crippen LogP contribution in [0.2, 0.25) is 5.02 Å². The van der Waals surface area contributed by atoms with Crippen molar-refractivity contribution >= 4 is 38.7 Å². The van der Waals surface area contributed by atoms with Gasteiger partial charge in [-0.1, -0.05) is 11.6 Å². The standard InChI is InChI=1S/C17H19ClN2O4S2/c1-20(14-6-7-26(22,23)11-14)17(21)8-13-10-25-16(19-13)9-24-15-4-2-12(18)3-5-15/h2-5,10,14H,6-9,11H2,1H3. The van der Waals surface area contributed by atoms with Gasteiger partial charge >= 0.3 is 0 Å². The molecule has 2 heterocycles. The molecule has 1 aliphatic heterocycles. The summed E-state index contributed by atoms with van der Waals surface area (Å²) in [5, 5.41) is 3.25. The number of aromatic nitrogens is 1. The lowest BCUT2D eigenvalue weighted by Gasteiger charge is -2.23. The van der Waals surface area contributed by atoms with E-state index in [-0.39, 0.29) is 29.9 Å². The predicted octanol–water partition coefficient (Wildman–Crippen LogP) is 2.56. The summed E-state index contributed by atoms with van der Waals surface area (Å²) in [4.78, 5) is 18.3. The average molecular weight is 415 g/mol. The molecular formula is C17H19ClN2O4S2. The van der Waals surface area contributed by atoms with E-state index in [2.05, 4.69) is 4.98 Å². The molecule has 1 saturated heterocycles. The number of nitrogens with zero attached hydrogens (tertiary/aromatic N) is 2. The van der Waals surface area contributed by atoms with Crippen LogP contribution in [-0.2, 0) is 27.7 Å². The molecule has 0 spiro atoms. The minimum Gasteiger partial charge on any atom is -0.486 e. The fourth-order valence-corrected chi connectivity index (χ4v) is 5.34. The molecule has 1 aliphatic rings. The highest BCUT2D eigenvalue weighted by Gasteiger charge is 2.32. The van der Waals surface area contributed by atoms with Crippen LogP contribution in [0.1, 0.15) is 17.1 Å². The van der Waals surface area contributed by atoms with Crippen molar-refractivity contribution in [2.75, 3.05) is 18.6 Å². The Morgan fingerprint density at radius 2 is 2.12 bits per heavy atom. The molecule has 9 heteroatoms. The van der Waals surface area contributed by atoms with E-state index in [0.29, 0.717) is 29.5 Å². The van der Waals surface area contributed by atoms with Crippen LogP contribution >= 0.6 is 22.9 Å². The Morgan fingerprint density at radius 1 is 1.38 bits per heavy atom. The number of ether oxygens (including phenoxy) is 1. The molecule has 1 fully saturated rings. The van der Waals surface area contributed by atoms with E-state index >= 15 is 0 Å². The molecule has 1 unspecified atom stereocenters. The van der Waals surface area contributed by atoms with Crippen LogP contribution in [-0.4, -0.2) is 48.8 Å². The van der Waals surface area contributed by atoms with Crippen molar-refractivity contribution in [3.63, 3.8) is 0 Å². The summed E-state index contributed by atoms with van der Waals surface area (Å²) in [6, 6.07) is 6.83. The summed E-state index contributed by atoms with van der Waals surface area (Å²) in [5.74, 6) is 0.775. The molecule has 26 heavy (non-hydrogen) atoms. The zero-order valence-corrected chi connectivity index (χ0v) is 16.6. The van der Waals surface area contributed by atoms with Crippen LogP contribution in [0.4, 0.5) is 0 Å². The zero-order valence-electron chi connectivity index (χ0n) is 14.2. The third-order valence-electron chi connectivity index (χ3n) is 4.26. The molecule has 3 rings (SSSR count). The van der Waals surface area contributed by atoms with E-state index < -0.39 is 9.84 Å². The van der Waals surface area contributed by atoms with Gasteiger partial charge in [0.2, 0.25) is 5.91 Å². The Kier molecular flexibility index (Phi) is 5.84. The summed E-state index contributed by atoms with van der Waals surface area (Å²) < 4.78 is 28.8. The van der Waals surface area contributed by atoms with Gasteiger partial charge in [0, 0.05) is 23.5 Å². The fraction of sp³-hybridized carbons (Fsp3) is 0.412. The van der Waals surface area contributed by atoms with Gasteiger partial charge in [0.1, 0.15) is 17.4 Å². The third kappa shape index (κ3) is 4.96. The van der Waals surface area contributed by atoms with Gasteiger partial charge in [0.05, 0.1) is 23.6 Å². The van der Waals surface area contributed by atoms with Crippen molar-refractivity contribution in [2.24, 2.45) is 0 Å². The number of hydrogen-bond acceptors (Lipinski definition) is 6. The number of thiazole rings is 1. The Balaban J connectivity index is 1.52. The van der Waals surface area contributed by atoms with Gasteiger partial charge in [-0.05, 0) is 30.7 Å². The second-order valence-corrected chi connectivity index (χ2v) is 9.82. The highest BCUT2D eigenvalue weighted by atomic mass is 35.5. The summed E-state index contributed by atoms with van der Waals surface area (Å²) in [5.41, 5.74) is 0.669. The molecule has 0 N–H and O–H groups in total. The van der Waals surface area contributed by atoms with Crippen molar-refractivity contribution in [1.82, 2.24) is 9.88 Å². The van der Waals surface area contributed by atoms with Gasteiger partial charge in [-0.2, -0.15) is 0 Å². The number of carbonyl (C=O) groups is 1. The van der Waals surface area contributed by atoms with Crippen LogP contribution in [0.5, 0.6) is 5.75 Å². The third-order valence-corrected chi connectivity index (χ3v) is 7.13. The van der Waals surface area contributed by atoms with Crippen molar-refractivity contribution in [3.05, 3.63) is 45.4 Å². The van der Waals surface area contributed by atoms with Crippen molar-refractivity contribution in [2.45, 2.75) is 25.5 Å². The van der Waals surface area contributed by atoms with Crippen molar-refractivity contribution in [1.29, 1.82) is 0 Å². The molecule has 1 aromatic heterocycles. The van der Waals surface area contributed by atoms with Crippen LogP contribution < -0.4 is 4.74 Å². The molecule has 0 bridgehead atoms. The van der Waals surface area contributed by atoms with Gasteiger partial charge in [-0.15, -0.1) is 11.3 Å². The van der Waals surface area contributed by atoms with E-state index in [1.807, 2.05) is 5.38 Å². The first-order valence-electron chi connectivity index (χ1n) is 8.10. The number of likely N-dealkylation sites (N-methyl/N-ethyl adjacent to an activating group) is 1. The Hall–Kier alpha value is -1.64. The lowest BCUT2D eigenvalue weighted by atomic mass is 10.2. The predicted molar refractivity (Wildman–Crippen MR) is 101 cm³/mol. The van der Waals surface area contributed by atoms with E-state index in [4.69, 9.17) is 16.3 Å². The Labute approximate surface area is 161 Å². The monoisotopic (exact) mass is 414 g/mol. The smallest absolute Gasteiger partial charge is 0.228 e. The lowest BCUT2D eigenvalue weighted by molar-refractivity contribution is -0.130. The minimum atomic E-state index is -3.01. The maximum atomic E-state index is 12.4. The highest BCUT2D eigenvalue weighted by molar-refractivity contribution is 7.91. The number of rotatable bonds is 6. The van der Waals surface area contributed by atoms with Crippen LogP contribution in [0, 0.1) is 0 Å². The number of sulfone groups is 1. The molecule has 140 valence electrons. The SMILES string of the molecule is CN(C(=O)Cc1csc(COc2ccc(Cl)cc2)n1)C1CCS(=O)(=O)C1. The van der Waals surface area contributed by atoms with E-state index in [1.54, 1.807) is 31.3 Å². The Bertz CT molecular complexity index is 880. The molecule has 0 radical (unpaired) electrons. The molecule has 1 atom stereocenters. The molecule has 6 nitrogen and oxygen atoms in total. The fourth-order valence-electron chi connectivity index (χ4n) is 2.74. The number of carbonyl (C=O) groups excluding carboxylic acids is 1. The second kappa shape index (κ2) is 7.94. The highest BCUT2D eigenvalue weighted by Crippen LogP contribution is 2.20. The largest absolute Gasteiger partial charge is 0.486 e. The molecule has 2 aromatic rings. The topological polar surface area (TPSA) is 76.6 Å². The number of amides is 1. The van der Waals surface area contributed by atoms with Gasteiger partial charge in [0.15, 0.2) is 9.84 Å². The van der Waals surface area contributed by atoms with Gasteiger partial charge < -0.3 is 9.64 Å². The first kappa shape index (κ1) is 19.1. The summed E-state index contributed by atoms with van der Waals surface area (Å²) in [6.07, 6.45) is 0.659. The molecule has 0 saturated carbocycles. The number of hydrogen-bond donors (Lipinski definition) is 0. The van der Waals surface area contributed by atoms with E-state index in [1.165, 1.54) is 16.2 Å². The molecule has 0 aliphatic carbocycles. The second-order valence-electron chi connectivity index (χ2n) is 6.21. The number of benzene rings is 1. The van der Waals surface area contributed by atoms with Crippen LogP contribution in [0.15, 0.2) is 29.6 Å². The maximum Gasteiger partial charge on any atom is 0.228 e. The molecule has 1 amide bonds. The quantitative estimate of drug-likeness (QED) is 0.726. The molecular weight excluding hydrogens is 396 g/mol. The average Bonchev–Trinajstić information content (AvgIpc) is 3.19. The summed E-state index contributed by atoms with van der Waals surface area (Å²) in [6.45, 7) is 0.317. The van der Waals surface area contributed by atoms with Crippen molar-refractivity contribution < 1.29 is 17.9 Å².